The molecule has 0 heterocycles. The number of aryl methyl sites for hydroxylation is 1. The zero-order chi connectivity index (χ0) is 18.1. The van der Waals surface area contributed by atoms with Crippen LogP contribution in [0.2, 0.25) is 0 Å². The number of phenols is 2. The maximum Gasteiger partial charge on any atom is 0.408 e. The average molecular weight is 339 g/mol. The van der Waals surface area contributed by atoms with Gasteiger partial charge in [0, 0.05) is 11.3 Å². The number of hydrogen-bond donors (Lipinski definition) is 2. The molecule has 0 aliphatic heterocycles. The van der Waals surface area contributed by atoms with Gasteiger partial charge < -0.3 is 10.2 Å². The lowest BCUT2D eigenvalue weighted by Crippen LogP contribution is -2.47. The third-order valence-corrected chi connectivity index (χ3v) is 3.65. The summed E-state index contributed by atoms with van der Waals surface area (Å²) >= 11 is 0. The molecule has 1 unspecified atom stereocenters. The SMILES string of the molecule is Cc1cc(O)ccc1C(=O)N(c1ccc(O)cc1)C(C)C(F)(F)F. The van der Waals surface area contributed by atoms with Crippen molar-refractivity contribution in [2.45, 2.75) is 26.1 Å². The molecule has 0 fully saturated rings. The molecule has 2 N–H and O–H groups in total. The van der Waals surface area contributed by atoms with Crippen molar-refractivity contribution in [1.82, 2.24) is 0 Å². The van der Waals surface area contributed by atoms with Gasteiger partial charge in [-0.2, -0.15) is 13.2 Å². The highest BCUT2D eigenvalue weighted by molar-refractivity contribution is 6.07. The first-order chi connectivity index (χ1) is 11.1. The van der Waals surface area contributed by atoms with Gasteiger partial charge in [-0.15, -0.1) is 0 Å². The molecule has 0 aromatic heterocycles. The number of rotatable bonds is 3. The Morgan fingerprint density at radius 1 is 1.04 bits per heavy atom. The molecule has 2 aromatic rings. The van der Waals surface area contributed by atoms with Crippen molar-refractivity contribution in [1.29, 1.82) is 0 Å². The van der Waals surface area contributed by atoms with E-state index in [1.807, 2.05) is 0 Å². The number of amides is 1. The lowest BCUT2D eigenvalue weighted by atomic mass is 10.1. The molecule has 7 heteroatoms. The Kier molecular flexibility index (Phi) is 4.73. The first kappa shape index (κ1) is 17.7. The summed E-state index contributed by atoms with van der Waals surface area (Å²) in [6.45, 7) is 2.42. The Morgan fingerprint density at radius 2 is 1.58 bits per heavy atom. The van der Waals surface area contributed by atoms with Gasteiger partial charge in [-0.05, 0) is 61.9 Å². The summed E-state index contributed by atoms with van der Waals surface area (Å²) in [5.74, 6) is -1.04. The Labute approximate surface area is 136 Å². The molecule has 0 spiro atoms. The number of nitrogens with zero attached hydrogens (tertiary/aromatic N) is 1. The van der Waals surface area contributed by atoms with Crippen LogP contribution in [0.15, 0.2) is 42.5 Å². The van der Waals surface area contributed by atoms with Crippen molar-refractivity contribution >= 4 is 11.6 Å². The smallest absolute Gasteiger partial charge is 0.408 e. The summed E-state index contributed by atoms with van der Waals surface area (Å²) in [6.07, 6.45) is -4.63. The topological polar surface area (TPSA) is 60.8 Å². The van der Waals surface area contributed by atoms with Crippen LogP contribution < -0.4 is 4.90 Å². The summed E-state index contributed by atoms with van der Waals surface area (Å²) in [7, 11) is 0. The number of carbonyl (C=O) groups is 1. The van der Waals surface area contributed by atoms with E-state index in [-0.39, 0.29) is 22.7 Å². The molecule has 24 heavy (non-hydrogen) atoms. The van der Waals surface area contributed by atoms with Crippen molar-refractivity contribution in [3.8, 4) is 11.5 Å². The van der Waals surface area contributed by atoms with Crippen molar-refractivity contribution in [2.75, 3.05) is 4.90 Å². The Hall–Kier alpha value is -2.70. The van der Waals surface area contributed by atoms with Crippen molar-refractivity contribution in [3.63, 3.8) is 0 Å². The normalized spacial score (nSPS) is 12.7. The molecule has 0 aliphatic carbocycles. The minimum atomic E-state index is -4.63. The molecule has 0 saturated carbocycles. The number of anilines is 1. The highest BCUT2D eigenvalue weighted by Gasteiger charge is 2.43. The lowest BCUT2D eigenvalue weighted by molar-refractivity contribution is -0.143. The van der Waals surface area contributed by atoms with Crippen LogP contribution in [0.1, 0.15) is 22.8 Å². The fourth-order valence-electron chi connectivity index (χ4n) is 2.29. The van der Waals surface area contributed by atoms with Gasteiger partial charge in [0.25, 0.3) is 5.91 Å². The van der Waals surface area contributed by atoms with Gasteiger partial charge in [-0.3, -0.25) is 9.69 Å². The largest absolute Gasteiger partial charge is 0.508 e. The van der Waals surface area contributed by atoms with E-state index in [1.54, 1.807) is 0 Å². The number of halogens is 3. The van der Waals surface area contributed by atoms with Gasteiger partial charge in [-0.1, -0.05) is 0 Å². The van der Waals surface area contributed by atoms with Gasteiger partial charge in [0.15, 0.2) is 0 Å². The number of phenolic OH excluding ortho intramolecular Hbond substituents is 2. The standard InChI is InChI=1S/C17H16F3NO3/c1-10-9-14(23)7-8-15(10)16(24)21(11(2)17(18,19)20)12-3-5-13(22)6-4-12/h3-9,11,22-23H,1-2H3. The van der Waals surface area contributed by atoms with Crippen LogP contribution in [-0.2, 0) is 0 Å². The monoisotopic (exact) mass is 339 g/mol. The Bertz CT molecular complexity index is 742. The maximum atomic E-state index is 13.2. The van der Waals surface area contributed by atoms with E-state index >= 15 is 0 Å². The molecular weight excluding hydrogens is 323 g/mol. The van der Waals surface area contributed by atoms with Crippen LogP contribution in [0.25, 0.3) is 0 Å². The average Bonchev–Trinajstić information content (AvgIpc) is 2.48. The van der Waals surface area contributed by atoms with E-state index in [0.29, 0.717) is 10.5 Å². The van der Waals surface area contributed by atoms with Crippen LogP contribution in [0.5, 0.6) is 11.5 Å². The second kappa shape index (κ2) is 6.43. The van der Waals surface area contributed by atoms with Crippen LogP contribution in [-0.4, -0.2) is 28.3 Å². The van der Waals surface area contributed by atoms with E-state index in [1.165, 1.54) is 49.4 Å². The van der Waals surface area contributed by atoms with Crippen molar-refractivity contribution in [2.24, 2.45) is 0 Å². The fraction of sp³-hybridized carbons (Fsp3) is 0.235. The number of aromatic hydroxyl groups is 2. The molecule has 0 radical (unpaired) electrons. The van der Waals surface area contributed by atoms with Gasteiger partial charge in [0.2, 0.25) is 0 Å². The van der Waals surface area contributed by atoms with Crippen LogP contribution >= 0.6 is 0 Å². The van der Waals surface area contributed by atoms with E-state index in [2.05, 4.69) is 0 Å². The van der Waals surface area contributed by atoms with E-state index in [9.17, 15) is 28.2 Å². The molecule has 4 nitrogen and oxygen atoms in total. The van der Waals surface area contributed by atoms with Gasteiger partial charge in [0.1, 0.15) is 17.5 Å². The van der Waals surface area contributed by atoms with Crippen LogP contribution in [0.3, 0.4) is 0 Å². The lowest BCUT2D eigenvalue weighted by Gasteiger charge is -2.31. The maximum absolute atomic E-state index is 13.2. The first-order valence-corrected chi connectivity index (χ1v) is 7.10. The molecule has 128 valence electrons. The quantitative estimate of drug-likeness (QED) is 0.888. The van der Waals surface area contributed by atoms with Gasteiger partial charge >= 0.3 is 6.18 Å². The van der Waals surface area contributed by atoms with Crippen LogP contribution in [0, 0.1) is 6.92 Å². The summed E-state index contributed by atoms with van der Waals surface area (Å²) in [5.41, 5.74) is 0.422. The fourth-order valence-corrected chi connectivity index (χ4v) is 2.29. The van der Waals surface area contributed by atoms with E-state index < -0.39 is 18.1 Å². The summed E-state index contributed by atoms with van der Waals surface area (Å²) in [4.78, 5) is 13.4. The Morgan fingerprint density at radius 3 is 2.08 bits per heavy atom. The van der Waals surface area contributed by atoms with E-state index in [0.717, 1.165) is 6.92 Å². The number of benzene rings is 2. The first-order valence-electron chi connectivity index (χ1n) is 7.10. The van der Waals surface area contributed by atoms with Crippen LogP contribution in [0.4, 0.5) is 18.9 Å². The molecule has 0 bridgehead atoms. The second-order valence-electron chi connectivity index (χ2n) is 5.41. The zero-order valence-corrected chi connectivity index (χ0v) is 13.0. The summed E-state index contributed by atoms with van der Waals surface area (Å²) in [5, 5.41) is 18.7. The minimum absolute atomic E-state index is 0.00935. The number of carbonyl (C=O) groups excluding carboxylic acids is 1. The second-order valence-corrected chi connectivity index (χ2v) is 5.41. The molecule has 0 saturated heterocycles. The predicted molar refractivity (Wildman–Crippen MR) is 83.3 cm³/mol. The minimum Gasteiger partial charge on any atom is -0.508 e. The third-order valence-electron chi connectivity index (χ3n) is 3.65. The number of alkyl halides is 3. The zero-order valence-electron chi connectivity index (χ0n) is 13.0. The van der Waals surface area contributed by atoms with E-state index in [4.69, 9.17) is 0 Å². The Balaban J connectivity index is 2.53. The summed E-state index contributed by atoms with van der Waals surface area (Å²) < 4.78 is 39.7. The summed E-state index contributed by atoms with van der Waals surface area (Å²) in [6, 6.07) is 6.67. The predicted octanol–water partition coefficient (Wildman–Crippen LogP) is 4.00. The molecular formula is C17H16F3NO3. The molecule has 2 rings (SSSR count). The van der Waals surface area contributed by atoms with Gasteiger partial charge in [-0.25, -0.2) is 0 Å². The molecule has 1 amide bonds. The van der Waals surface area contributed by atoms with Gasteiger partial charge in [0.05, 0.1) is 0 Å². The third kappa shape index (κ3) is 3.61. The molecule has 2 aromatic carbocycles. The highest BCUT2D eigenvalue weighted by atomic mass is 19.4. The molecule has 0 aliphatic rings. The van der Waals surface area contributed by atoms with Crippen molar-refractivity contribution in [3.05, 3.63) is 53.6 Å². The highest BCUT2D eigenvalue weighted by Crippen LogP contribution is 2.31. The van der Waals surface area contributed by atoms with Crippen molar-refractivity contribution < 1.29 is 28.2 Å². The molecule has 1 atom stereocenters. The number of hydrogen-bond acceptors (Lipinski definition) is 3.